The third-order valence-corrected chi connectivity index (χ3v) is 4.18. The van der Waals surface area contributed by atoms with E-state index in [1.165, 1.54) is 0 Å². The summed E-state index contributed by atoms with van der Waals surface area (Å²) in [4.78, 5) is 34.7. The zero-order chi connectivity index (χ0) is 22.1. The molecule has 0 aliphatic carbocycles. The van der Waals surface area contributed by atoms with Crippen molar-refractivity contribution in [3.8, 4) is 5.75 Å². The number of carbonyl (C=O) groups excluding carboxylic acids is 1. The van der Waals surface area contributed by atoms with E-state index in [1.807, 2.05) is 18.2 Å². The Kier molecular flexibility index (Phi) is 7.30. The first-order chi connectivity index (χ1) is 15.1. The molecule has 31 heavy (non-hydrogen) atoms. The Bertz CT molecular complexity index is 1160. The number of aliphatic imine (C=N–C) groups is 1. The molecule has 0 bridgehead atoms. The van der Waals surface area contributed by atoms with Gasteiger partial charge in [-0.3, -0.25) is 15.0 Å². The highest BCUT2D eigenvalue weighted by atomic mass is 16.5. The van der Waals surface area contributed by atoms with E-state index in [9.17, 15) is 9.59 Å². The number of aromatic amines is 1. The topological polar surface area (TPSA) is 156 Å². The number of rotatable bonds is 9. The maximum atomic E-state index is 12.4. The van der Waals surface area contributed by atoms with E-state index in [4.69, 9.17) is 20.6 Å². The van der Waals surface area contributed by atoms with Gasteiger partial charge in [-0.15, -0.1) is 0 Å². The summed E-state index contributed by atoms with van der Waals surface area (Å²) in [6, 6.07) is 14.0. The van der Waals surface area contributed by atoms with Crippen molar-refractivity contribution in [3.63, 3.8) is 0 Å². The second kappa shape index (κ2) is 10.5. The molecule has 0 atom stereocenters. The minimum atomic E-state index is -0.476. The fourth-order valence-corrected chi connectivity index (χ4v) is 2.73. The Balaban J connectivity index is 1.52. The fraction of sp³-hybridized carbons (Fsp3) is 0.190. The lowest BCUT2D eigenvalue weighted by Crippen LogP contribution is -2.27. The van der Waals surface area contributed by atoms with Gasteiger partial charge in [0.05, 0.1) is 24.1 Å². The number of aromatic nitrogens is 2. The number of para-hydroxylation sites is 1. The number of nitrogens with two attached hydrogens (primary N) is 1. The first kappa shape index (κ1) is 21.5. The number of fused-ring (bicyclic) bond motifs is 1. The summed E-state index contributed by atoms with van der Waals surface area (Å²) >= 11 is 0. The molecule has 2 aromatic carbocycles. The van der Waals surface area contributed by atoms with Crippen LogP contribution in [-0.2, 0) is 11.3 Å². The lowest BCUT2D eigenvalue weighted by Gasteiger charge is -2.09. The van der Waals surface area contributed by atoms with Crippen LogP contribution in [0.25, 0.3) is 10.9 Å². The number of amidine groups is 1. The van der Waals surface area contributed by atoms with Gasteiger partial charge in [0.1, 0.15) is 12.1 Å². The van der Waals surface area contributed by atoms with Crippen molar-refractivity contribution in [2.45, 2.75) is 13.0 Å². The highest BCUT2D eigenvalue weighted by Gasteiger charge is 2.11. The van der Waals surface area contributed by atoms with Crippen molar-refractivity contribution in [2.24, 2.45) is 10.7 Å². The van der Waals surface area contributed by atoms with E-state index in [2.05, 4.69) is 20.3 Å². The molecule has 10 heteroatoms. The minimum Gasteiger partial charge on any atom is -0.493 e. The molecule has 1 amide bonds. The van der Waals surface area contributed by atoms with Gasteiger partial charge in [-0.1, -0.05) is 24.3 Å². The zero-order valence-corrected chi connectivity index (χ0v) is 16.6. The van der Waals surface area contributed by atoms with E-state index in [0.29, 0.717) is 36.3 Å². The monoisotopic (exact) mass is 422 g/mol. The van der Waals surface area contributed by atoms with Crippen LogP contribution < -0.4 is 21.3 Å². The van der Waals surface area contributed by atoms with Crippen LogP contribution in [0.15, 0.2) is 58.3 Å². The number of amides is 1. The molecule has 0 spiro atoms. The second-order valence-electron chi connectivity index (χ2n) is 6.41. The quantitative estimate of drug-likeness (QED) is 0.233. The van der Waals surface area contributed by atoms with Crippen LogP contribution in [0.5, 0.6) is 5.75 Å². The molecule has 160 valence electrons. The zero-order valence-electron chi connectivity index (χ0n) is 16.6. The van der Waals surface area contributed by atoms with Gasteiger partial charge >= 0.3 is 0 Å². The van der Waals surface area contributed by atoms with E-state index in [-0.39, 0.29) is 24.0 Å². The average molecular weight is 422 g/mol. The van der Waals surface area contributed by atoms with Gasteiger partial charge in [-0.05, 0) is 29.8 Å². The Hall–Kier alpha value is -4.21. The summed E-state index contributed by atoms with van der Waals surface area (Å²) in [5, 5.41) is 9.96. The molecule has 3 aromatic rings. The molecule has 0 radical (unpaired) electrons. The van der Waals surface area contributed by atoms with Crippen LogP contribution in [0.2, 0.25) is 0 Å². The molecule has 0 saturated carbocycles. The molecule has 0 aliphatic heterocycles. The molecule has 1 aromatic heterocycles. The van der Waals surface area contributed by atoms with Crippen molar-refractivity contribution in [3.05, 3.63) is 70.3 Å². The maximum Gasteiger partial charge on any atom is 0.288 e. The molecule has 5 N–H and O–H groups in total. The van der Waals surface area contributed by atoms with Crippen molar-refractivity contribution >= 4 is 29.2 Å². The van der Waals surface area contributed by atoms with Gasteiger partial charge in [0.2, 0.25) is 0 Å². The highest BCUT2D eigenvalue weighted by molar-refractivity contribution is 5.92. The minimum absolute atomic E-state index is 0.0399. The molecule has 0 aliphatic rings. The third kappa shape index (κ3) is 6.13. The van der Waals surface area contributed by atoms with Gasteiger partial charge in [-0.25, -0.2) is 4.98 Å². The highest BCUT2D eigenvalue weighted by Crippen LogP contribution is 2.14. The lowest BCUT2D eigenvalue weighted by molar-refractivity contribution is 0.0940. The summed E-state index contributed by atoms with van der Waals surface area (Å²) in [6.45, 7) is 0.956. The van der Waals surface area contributed by atoms with Crippen molar-refractivity contribution < 1.29 is 14.3 Å². The Labute approximate surface area is 177 Å². The molecule has 0 fully saturated rings. The van der Waals surface area contributed by atoms with Crippen LogP contribution in [0.3, 0.4) is 0 Å². The fourth-order valence-electron chi connectivity index (χ4n) is 2.73. The molecule has 1 heterocycles. The average Bonchev–Trinajstić information content (AvgIpc) is 2.77. The number of hydrogen-bond acceptors (Lipinski definition) is 6. The number of ether oxygens (including phenoxy) is 2. The third-order valence-electron chi connectivity index (χ3n) is 4.18. The molecular weight excluding hydrogens is 400 g/mol. The van der Waals surface area contributed by atoms with E-state index in [1.54, 1.807) is 30.3 Å². The molecule has 0 unspecified atom stereocenters. The van der Waals surface area contributed by atoms with Crippen LogP contribution in [-0.4, -0.2) is 41.4 Å². The van der Waals surface area contributed by atoms with Gasteiger partial charge in [-0.2, -0.15) is 4.99 Å². The molecule has 0 saturated heterocycles. The van der Waals surface area contributed by atoms with Gasteiger partial charge in [0.15, 0.2) is 5.82 Å². The second-order valence-corrected chi connectivity index (χ2v) is 6.41. The standard InChI is InChI=1S/C21H22N6O4/c22-13-25-21(23)31-10-4-9-30-15-6-3-5-14(11-15)12-24-20(29)18-26-17-8-2-1-7-16(17)19(28)27-18/h1-3,5-8,11,13H,4,9-10,12H2,(H,24,29)(H3,22,23,25)(H,26,27,28). The normalized spacial score (nSPS) is 11.2. The number of nitrogens with zero attached hydrogens (tertiary/aromatic N) is 2. The number of carbonyl (C=O) groups is 1. The number of nitrogens with one attached hydrogen (secondary N) is 3. The van der Waals surface area contributed by atoms with E-state index >= 15 is 0 Å². The van der Waals surface area contributed by atoms with Gasteiger partial charge in [0.25, 0.3) is 17.5 Å². The SMILES string of the molecule is N=CN=C(N)OCCCOc1cccc(CNC(=O)c2nc3ccccc3c(=O)[nH]2)c1. The first-order valence-electron chi connectivity index (χ1n) is 9.51. The Morgan fingerprint density at radius 2 is 2.06 bits per heavy atom. The van der Waals surface area contributed by atoms with Crippen molar-refractivity contribution in [1.82, 2.24) is 15.3 Å². The molecular formula is C21H22N6O4. The van der Waals surface area contributed by atoms with Crippen LogP contribution >= 0.6 is 0 Å². The largest absolute Gasteiger partial charge is 0.493 e. The Morgan fingerprint density at radius 3 is 2.90 bits per heavy atom. The summed E-state index contributed by atoms with van der Waals surface area (Å²) in [5.74, 6) is 0.127. The predicted octanol–water partition coefficient (Wildman–Crippen LogP) is 1.56. The predicted molar refractivity (Wildman–Crippen MR) is 116 cm³/mol. The van der Waals surface area contributed by atoms with Gasteiger partial charge in [0, 0.05) is 13.0 Å². The number of benzene rings is 2. The smallest absolute Gasteiger partial charge is 0.288 e. The summed E-state index contributed by atoms with van der Waals surface area (Å²) in [6.07, 6.45) is 1.39. The summed E-state index contributed by atoms with van der Waals surface area (Å²) in [5.41, 5.74) is 6.34. The van der Waals surface area contributed by atoms with E-state index in [0.717, 1.165) is 11.9 Å². The number of H-pyrrole nitrogens is 1. The van der Waals surface area contributed by atoms with Crippen molar-refractivity contribution in [2.75, 3.05) is 13.2 Å². The first-order valence-corrected chi connectivity index (χ1v) is 9.51. The maximum absolute atomic E-state index is 12.4. The van der Waals surface area contributed by atoms with Gasteiger partial charge < -0.3 is 25.5 Å². The summed E-state index contributed by atoms with van der Waals surface area (Å²) in [7, 11) is 0. The lowest BCUT2D eigenvalue weighted by atomic mass is 10.2. The van der Waals surface area contributed by atoms with Crippen LogP contribution in [0.1, 0.15) is 22.6 Å². The molecule has 10 nitrogen and oxygen atoms in total. The van der Waals surface area contributed by atoms with E-state index < -0.39 is 5.91 Å². The Morgan fingerprint density at radius 1 is 1.23 bits per heavy atom. The van der Waals surface area contributed by atoms with Crippen LogP contribution in [0, 0.1) is 5.41 Å². The number of hydrogen-bond donors (Lipinski definition) is 4. The van der Waals surface area contributed by atoms with Crippen molar-refractivity contribution in [1.29, 1.82) is 5.41 Å². The van der Waals surface area contributed by atoms with Crippen LogP contribution in [0.4, 0.5) is 0 Å². The summed E-state index contributed by atoms with van der Waals surface area (Å²) < 4.78 is 10.8. The molecule has 3 rings (SSSR count).